The number of fused-ring (bicyclic) bond motifs is 1. The van der Waals surface area contributed by atoms with Crippen LogP contribution in [0.4, 0.5) is 18.9 Å². The van der Waals surface area contributed by atoms with Gasteiger partial charge < -0.3 is 4.84 Å². The maximum atomic E-state index is 12.9. The van der Waals surface area contributed by atoms with Gasteiger partial charge >= 0.3 is 6.18 Å². The first-order valence-corrected chi connectivity index (χ1v) is 8.54. The Morgan fingerprint density at radius 1 is 1.07 bits per heavy atom. The summed E-state index contributed by atoms with van der Waals surface area (Å²) in [6.07, 6.45) is -5.29. The lowest BCUT2D eigenvalue weighted by Crippen LogP contribution is -2.33. The summed E-state index contributed by atoms with van der Waals surface area (Å²) in [5.41, 5.74) is -1.02. The van der Waals surface area contributed by atoms with E-state index >= 15 is 0 Å². The Morgan fingerprint density at radius 2 is 1.75 bits per heavy atom. The third kappa shape index (κ3) is 2.91. The Labute approximate surface area is 165 Å². The Bertz CT molecular complexity index is 1020. The Hall–Kier alpha value is -2.65. The Kier molecular flexibility index (Phi) is 4.31. The fourth-order valence-corrected chi connectivity index (χ4v) is 3.39. The summed E-state index contributed by atoms with van der Waals surface area (Å²) >= 11 is 11.8. The second-order valence-corrected chi connectivity index (χ2v) is 6.86. The molecule has 6 nitrogen and oxygen atoms in total. The fourth-order valence-electron chi connectivity index (χ4n) is 3.00. The fraction of sp³-hybridized carbons (Fsp3) is 0.176. The second kappa shape index (κ2) is 6.46. The van der Waals surface area contributed by atoms with Crippen LogP contribution in [0, 0.1) is 5.92 Å². The van der Waals surface area contributed by atoms with E-state index in [4.69, 9.17) is 28.0 Å². The number of rotatable bonds is 2. The largest absolute Gasteiger partial charge is 0.417 e. The average molecular weight is 430 g/mol. The normalized spacial score (nSPS) is 21.6. The smallest absolute Gasteiger partial charge is 0.381 e. The molecule has 28 heavy (non-hydrogen) atoms. The molecular formula is C17H8Cl2F3N3O3. The van der Waals surface area contributed by atoms with Crippen molar-refractivity contribution in [1.82, 2.24) is 4.98 Å². The summed E-state index contributed by atoms with van der Waals surface area (Å²) in [6, 6.07) is 6.67. The number of carbonyl (C=O) groups is 2. The summed E-state index contributed by atoms with van der Waals surface area (Å²) in [7, 11) is 0. The van der Waals surface area contributed by atoms with Crippen LogP contribution in [0.3, 0.4) is 0 Å². The lowest BCUT2D eigenvalue weighted by molar-refractivity contribution is -0.137. The van der Waals surface area contributed by atoms with Crippen molar-refractivity contribution >= 4 is 46.4 Å². The minimum atomic E-state index is -4.63. The summed E-state index contributed by atoms with van der Waals surface area (Å²) in [5.74, 6) is -2.46. The lowest BCUT2D eigenvalue weighted by Gasteiger charge is -2.15. The van der Waals surface area contributed by atoms with Gasteiger partial charge in [0.25, 0.3) is 5.91 Å². The lowest BCUT2D eigenvalue weighted by atomic mass is 9.96. The standard InChI is InChI=1S/C17H8Cl2F3N3O3/c18-8-1-3-9(4-2-8)25-15(26)11-13(24-28-14(11)16(25)27)12-10(19)5-7(6-23-12)17(20,21)22/h1-6,11,14H. The van der Waals surface area contributed by atoms with Gasteiger partial charge in [-0.25, -0.2) is 4.90 Å². The number of oxime groups is 1. The zero-order valence-corrected chi connectivity index (χ0v) is 15.1. The molecule has 1 saturated heterocycles. The van der Waals surface area contributed by atoms with Crippen LogP contribution in [-0.4, -0.2) is 28.6 Å². The molecule has 0 radical (unpaired) electrons. The van der Waals surface area contributed by atoms with Gasteiger partial charge in [0.2, 0.25) is 12.0 Å². The van der Waals surface area contributed by atoms with E-state index in [2.05, 4.69) is 10.1 Å². The molecule has 1 aromatic carbocycles. The third-order valence-corrected chi connectivity index (χ3v) is 4.85. The highest BCUT2D eigenvalue weighted by Gasteiger charge is 2.56. The van der Waals surface area contributed by atoms with Gasteiger partial charge in [0, 0.05) is 11.2 Å². The molecule has 1 aromatic heterocycles. The number of anilines is 1. The van der Waals surface area contributed by atoms with Gasteiger partial charge in [-0.3, -0.25) is 14.6 Å². The van der Waals surface area contributed by atoms with E-state index in [9.17, 15) is 22.8 Å². The van der Waals surface area contributed by atoms with Crippen molar-refractivity contribution in [3.63, 3.8) is 0 Å². The molecule has 1 fully saturated rings. The van der Waals surface area contributed by atoms with Crippen molar-refractivity contribution < 1.29 is 27.6 Å². The van der Waals surface area contributed by atoms with Crippen molar-refractivity contribution in [3.05, 3.63) is 57.8 Å². The first kappa shape index (κ1) is 18.7. The topological polar surface area (TPSA) is 71.9 Å². The van der Waals surface area contributed by atoms with Gasteiger partial charge in [-0.1, -0.05) is 28.4 Å². The Balaban J connectivity index is 1.69. The minimum Gasteiger partial charge on any atom is -0.381 e. The number of hydrogen-bond acceptors (Lipinski definition) is 5. The number of pyridine rings is 1. The number of hydrogen-bond donors (Lipinski definition) is 0. The average Bonchev–Trinajstić information content (AvgIpc) is 3.16. The monoisotopic (exact) mass is 429 g/mol. The summed E-state index contributed by atoms with van der Waals surface area (Å²) in [6.45, 7) is 0. The molecule has 0 spiro atoms. The molecule has 0 saturated carbocycles. The Morgan fingerprint density at radius 3 is 2.36 bits per heavy atom. The van der Waals surface area contributed by atoms with Gasteiger partial charge in [-0.15, -0.1) is 0 Å². The molecule has 2 atom stereocenters. The minimum absolute atomic E-state index is 0.0986. The molecule has 2 amide bonds. The SMILES string of the molecule is O=C1C2ON=C(c3ncc(C(F)(F)F)cc3Cl)C2C(=O)N1c1ccc(Cl)cc1. The van der Waals surface area contributed by atoms with Crippen molar-refractivity contribution in [2.45, 2.75) is 12.3 Å². The number of carbonyl (C=O) groups excluding carboxylic acids is 2. The summed E-state index contributed by atoms with van der Waals surface area (Å²) in [5, 5.41) is 3.75. The number of alkyl halides is 3. The van der Waals surface area contributed by atoms with Crippen LogP contribution in [0.5, 0.6) is 0 Å². The second-order valence-electron chi connectivity index (χ2n) is 6.02. The number of aromatic nitrogens is 1. The van der Waals surface area contributed by atoms with Gasteiger partial charge in [0.1, 0.15) is 17.3 Å². The molecule has 2 aromatic rings. The molecule has 144 valence electrons. The van der Waals surface area contributed by atoms with E-state index < -0.39 is 35.6 Å². The highest BCUT2D eigenvalue weighted by Crippen LogP contribution is 2.37. The van der Waals surface area contributed by atoms with Crippen LogP contribution in [0.15, 0.2) is 41.7 Å². The van der Waals surface area contributed by atoms with Gasteiger partial charge in [0.05, 0.1) is 16.3 Å². The molecule has 2 unspecified atom stereocenters. The van der Waals surface area contributed by atoms with Gasteiger partial charge in [-0.05, 0) is 30.3 Å². The van der Waals surface area contributed by atoms with Crippen molar-refractivity contribution in [2.24, 2.45) is 11.1 Å². The number of amides is 2. The van der Waals surface area contributed by atoms with Gasteiger partial charge in [0.15, 0.2) is 0 Å². The molecule has 2 aliphatic heterocycles. The number of halogens is 5. The van der Waals surface area contributed by atoms with Crippen LogP contribution in [-0.2, 0) is 20.6 Å². The third-order valence-electron chi connectivity index (χ3n) is 4.31. The van der Waals surface area contributed by atoms with Crippen LogP contribution in [0.1, 0.15) is 11.3 Å². The highest BCUT2D eigenvalue weighted by atomic mass is 35.5. The summed E-state index contributed by atoms with van der Waals surface area (Å²) < 4.78 is 38.4. The number of nitrogens with zero attached hydrogens (tertiary/aromatic N) is 3. The van der Waals surface area contributed by atoms with E-state index in [0.29, 0.717) is 17.3 Å². The first-order valence-electron chi connectivity index (χ1n) is 7.78. The molecule has 2 aliphatic rings. The maximum absolute atomic E-state index is 12.9. The van der Waals surface area contributed by atoms with E-state index in [-0.39, 0.29) is 22.1 Å². The van der Waals surface area contributed by atoms with Crippen molar-refractivity contribution in [3.8, 4) is 0 Å². The maximum Gasteiger partial charge on any atom is 0.417 e. The van der Waals surface area contributed by atoms with Crippen molar-refractivity contribution in [1.29, 1.82) is 0 Å². The first-order chi connectivity index (χ1) is 13.2. The molecule has 0 bridgehead atoms. The molecule has 0 aliphatic carbocycles. The van der Waals surface area contributed by atoms with E-state index in [1.807, 2.05) is 0 Å². The van der Waals surface area contributed by atoms with Crippen molar-refractivity contribution in [2.75, 3.05) is 4.90 Å². The van der Waals surface area contributed by atoms with Crippen LogP contribution >= 0.6 is 23.2 Å². The summed E-state index contributed by atoms with van der Waals surface area (Å²) in [4.78, 5) is 35.2. The molecular weight excluding hydrogens is 422 g/mol. The molecule has 11 heteroatoms. The van der Waals surface area contributed by atoms with E-state index in [0.717, 1.165) is 4.90 Å². The molecule has 4 rings (SSSR count). The highest BCUT2D eigenvalue weighted by molar-refractivity contribution is 6.37. The molecule has 3 heterocycles. The van der Waals surface area contributed by atoms with E-state index in [1.165, 1.54) is 24.3 Å². The molecule has 0 N–H and O–H groups in total. The van der Waals surface area contributed by atoms with Gasteiger partial charge in [-0.2, -0.15) is 13.2 Å². The van der Waals surface area contributed by atoms with Crippen LogP contribution in [0.25, 0.3) is 0 Å². The predicted octanol–water partition coefficient (Wildman–Crippen LogP) is 3.70. The van der Waals surface area contributed by atoms with Crippen LogP contribution in [0.2, 0.25) is 10.0 Å². The van der Waals surface area contributed by atoms with E-state index in [1.54, 1.807) is 0 Å². The zero-order chi connectivity index (χ0) is 20.2. The van der Waals surface area contributed by atoms with Crippen LogP contribution < -0.4 is 4.90 Å². The zero-order valence-electron chi connectivity index (χ0n) is 13.6. The number of imide groups is 1. The quantitative estimate of drug-likeness (QED) is 0.682. The number of benzene rings is 1. The predicted molar refractivity (Wildman–Crippen MR) is 93.1 cm³/mol.